The molecule has 0 aliphatic carbocycles. The first-order valence-electron chi connectivity index (χ1n) is 10.2. The van der Waals surface area contributed by atoms with Crippen molar-refractivity contribution in [3.63, 3.8) is 0 Å². The van der Waals surface area contributed by atoms with Crippen molar-refractivity contribution in [2.24, 2.45) is 0 Å². The van der Waals surface area contributed by atoms with E-state index >= 15 is 0 Å². The van der Waals surface area contributed by atoms with Crippen molar-refractivity contribution in [3.8, 4) is 0 Å². The van der Waals surface area contributed by atoms with Crippen molar-refractivity contribution in [2.45, 2.75) is 59.9 Å². The summed E-state index contributed by atoms with van der Waals surface area (Å²) in [4.78, 5) is 7.66. The van der Waals surface area contributed by atoms with Gasteiger partial charge in [0.15, 0.2) is 0 Å². The standard InChI is InChI=1S/C18H41N3O3Si/c1-6-12-19-16-20(13-7-2)18-21(17-19)14-11-15-25(22-8-3,23-9-4)24-10-5/h6-18H2,1-5H3. The highest BCUT2D eigenvalue weighted by Crippen LogP contribution is 2.19. The van der Waals surface area contributed by atoms with E-state index in [4.69, 9.17) is 13.3 Å². The maximum atomic E-state index is 5.97. The van der Waals surface area contributed by atoms with Gasteiger partial charge in [0, 0.05) is 45.5 Å². The Balaban J connectivity index is 2.54. The minimum Gasteiger partial charge on any atom is -0.374 e. The molecule has 0 unspecified atom stereocenters. The molecule has 0 radical (unpaired) electrons. The first kappa shape index (κ1) is 23.0. The molecule has 0 amide bonds. The monoisotopic (exact) mass is 375 g/mol. The lowest BCUT2D eigenvalue weighted by atomic mass is 10.3. The van der Waals surface area contributed by atoms with E-state index in [9.17, 15) is 0 Å². The molecule has 0 N–H and O–H groups in total. The van der Waals surface area contributed by atoms with E-state index in [2.05, 4.69) is 28.5 Å². The maximum absolute atomic E-state index is 5.97. The molecule has 1 fully saturated rings. The van der Waals surface area contributed by atoms with Gasteiger partial charge in [0.1, 0.15) is 0 Å². The molecule has 0 bridgehead atoms. The van der Waals surface area contributed by atoms with Gasteiger partial charge >= 0.3 is 8.80 Å². The highest BCUT2D eigenvalue weighted by atomic mass is 28.4. The van der Waals surface area contributed by atoms with Crippen LogP contribution in [-0.4, -0.2) is 83.0 Å². The third-order valence-corrected chi connectivity index (χ3v) is 7.48. The molecule has 0 aromatic rings. The van der Waals surface area contributed by atoms with Crippen molar-refractivity contribution in [1.82, 2.24) is 14.7 Å². The van der Waals surface area contributed by atoms with E-state index in [1.165, 1.54) is 25.9 Å². The smallest absolute Gasteiger partial charge is 0.374 e. The molecule has 1 aliphatic heterocycles. The Bertz CT molecular complexity index is 306. The minimum atomic E-state index is -2.50. The average Bonchev–Trinajstić information content (AvgIpc) is 2.56. The van der Waals surface area contributed by atoms with Crippen molar-refractivity contribution < 1.29 is 13.3 Å². The van der Waals surface area contributed by atoms with Crippen LogP contribution in [0.5, 0.6) is 0 Å². The van der Waals surface area contributed by atoms with Gasteiger partial charge in [-0.05, 0) is 40.0 Å². The summed E-state index contributed by atoms with van der Waals surface area (Å²) in [6.07, 6.45) is 3.48. The van der Waals surface area contributed by atoms with E-state index in [0.717, 1.165) is 39.0 Å². The zero-order valence-electron chi connectivity index (χ0n) is 17.3. The number of hydrogen-bond acceptors (Lipinski definition) is 6. The number of hydrogen-bond donors (Lipinski definition) is 0. The van der Waals surface area contributed by atoms with Crippen LogP contribution in [0.3, 0.4) is 0 Å². The predicted molar refractivity (Wildman–Crippen MR) is 105 cm³/mol. The lowest BCUT2D eigenvalue weighted by molar-refractivity contribution is -0.0296. The van der Waals surface area contributed by atoms with Gasteiger partial charge in [0.05, 0.1) is 20.0 Å². The Morgan fingerprint density at radius 3 is 1.40 bits per heavy atom. The highest BCUT2D eigenvalue weighted by Gasteiger charge is 2.39. The third kappa shape index (κ3) is 8.47. The molecule has 0 spiro atoms. The molecule has 0 aromatic heterocycles. The largest absolute Gasteiger partial charge is 0.500 e. The number of nitrogens with zero attached hydrogens (tertiary/aromatic N) is 3. The molecule has 0 aromatic carbocycles. The van der Waals surface area contributed by atoms with E-state index in [1.807, 2.05) is 20.8 Å². The van der Waals surface area contributed by atoms with Gasteiger partial charge in [0.25, 0.3) is 0 Å². The summed E-state index contributed by atoms with van der Waals surface area (Å²) in [5, 5.41) is 0. The zero-order valence-corrected chi connectivity index (χ0v) is 18.3. The van der Waals surface area contributed by atoms with E-state index in [-0.39, 0.29) is 0 Å². The fraction of sp³-hybridized carbons (Fsp3) is 1.00. The second-order valence-corrected chi connectivity index (χ2v) is 9.43. The van der Waals surface area contributed by atoms with Gasteiger partial charge in [-0.2, -0.15) is 0 Å². The van der Waals surface area contributed by atoms with Crippen LogP contribution in [0, 0.1) is 0 Å². The SMILES string of the molecule is CCCN1CN(CCC)CN(CCC[Si](OCC)(OCC)OCC)C1. The number of rotatable bonds is 14. The zero-order chi connectivity index (χ0) is 18.5. The van der Waals surface area contributed by atoms with Crippen molar-refractivity contribution >= 4 is 8.80 Å². The molecule has 1 rings (SSSR count). The summed E-state index contributed by atoms with van der Waals surface area (Å²) >= 11 is 0. The van der Waals surface area contributed by atoms with E-state index < -0.39 is 8.80 Å². The predicted octanol–water partition coefficient (Wildman–Crippen LogP) is 3.04. The summed E-state index contributed by atoms with van der Waals surface area (Å²) in [6.45, 7) is 19.2. The molecule has 0 saturated carbocycles. The van der Waals surface area contributed by atoms with Gasteiger partial charge in [-0.1, -0.05) is 13.8 Å². The van der Waals surface area contributed by atoms with Gasteiger partial charge < -0.3 is 13.3 Å². The van der Waals surface area contributed by atoms with Gasteiger partial charge in [-0.25, -0.2) is 0 Å². The van der Waals surface area contributed by atoms with Gasteiger partial charge in [-0.15, -0.1) is 0 Å². The molecular weight excluding hydrogens is 334 g/mol. The summed E-state index contributed by atoms with van der Waals surface area (Å²) in [7, 11) is -2.50. The molecule has 0 atom stereocenters. The van der Waals surface area contributed by atoms with Crippen molar-refractivity contribution in [3.05, 3.63) is 0 Å². The topological polar surface area (TPSA) is 37.4 Å². The Morgan fingerprint density at radius 1 is 0.640 bits per heavy atom. The molecule has 1 saturated heterocycles. The summed E-state index contributed by atoms with van der Waals surface area (Å²) in [6, 6.07) is 0.903. The molecule has 25 heavy (non-hydrogen) atoms. The maximum Gasteiger partial charge on any atom is 0.500 e. The minimum absolute atomic E-state index is 0.657. The van der Waals surface area contributed by atoms with E-state index in [1.54, 1.807) is 0 Å². The second-order valence-electron chi connectivity index (χ2n) is 6.69. The van der Waals surface area contributed by atoms with Crippen LogP contribution in [0.4, 0.5) is 0 Å². The molecular formula is C18H41N3O3Si. The highest BCUT2D eigenvalue weighted by molar-refractivity contribution is 6.60. The van der Waals surface area contributed by atoms with Crippen LogP contribution >= 0.6 is 0 Å². The Kier molecular flexibility index (Phi) is 12.1. The van der Waals surface area contributed by atoms with Crippen LogP contribution in [0.2, 0.25) is 6.04 Å². The van der Waals surface area contributed by atoms with E-state index in [0.29, 0.717) is 19.8 Å². The van der Waals surface area contributed by atoms with Crippen LogP contribution in [0.1, 0.15) is 53.9 Å². The van der Waals surface area contributed by atoms with Crippen molar-refractivity contribution in [1.29, 1.82) is 0 Å². The second kappa shape index (κ2) is 13.2. The lowest BCUT2D eigenvalue weighted by Gasteiger charge is -2.42. The Morgan fingerprint density at radius 2 is 1.04 bits per heavy atom. The fourth-order valence-electron chi connectivity index (χ4n) is 3.56. The molecule has 6 nitrogen and oxygen atoms in total. The normalized spacial score (nSPS) is 18.1. The fourth-order valence-corrected chi connectivity index (χ4v) is 6.15. The van der Waals surface area contributed by atoms with Crippen LogP contribution in [0.15, 0.2) is 0 Å². The first-order valence-corrected chi connectivity index (χ1v) is 12.1. The summed E-state index contributed by atoms with van der Waals surface area (Å²) in [5.74, 6) is 0. The molecule has 1 aliphatic rings. The summed E-state index contributed by atoms with van der Waals surface area (Å²) < 4.78 is 17.9. The third-order valence-electron chi connectivity index (χ3n) is 4.33. The first-order chi connectivity index (χ1) is 12.1. The lowest BCUT2D eigenvalue weighted by Crippen LogP contribution is -2.55. The Hall–Kier alpha value is -0.0231. The van der Waals surface area contributed by atoms with Crippen LogP contribution in [-0.2, 0) is 13.3 Å². The molecule has 7 heteroatoms. The summed E-state index contributed by atoms with van der Waals surface area (Å²) in [5.41, 5.74) is 0. The van der Waals surface area contributed by atoms with Gasteiger partial charge in [-0.3, -0.25) is 14.7 Å². The van der Waals surface area contributed by atoms with Crippen LogP contribution in [0.25, 0.3) is 0 Å². The van der Waals surface area contributed by atoms with Crippen LogP contribution < -0.4 is 0 Å². The van der Waals surface area contributed by atoms with Gasteiger partial charge in [0.2, 0.25) is 0 Å². The molecule has 150 valence electrons. The van der Waals surface area contributed by atoms with Crippen molar-refractivity contribution in [2.75, 3.05) is 59.5 Å². The quantitative estimate of drug-likeness (QED) is 0.435. The molecule has 1 heterocycles. The average molecular weight is 376 g/mol. The Labute approximate surface area is 156 Å².